The van der Waals surface area contributed by atoms with E-state index in [2.05, 4.69) is 24.9 Å². The second-order valence-electron chi connectivity index (χ2n) is 6.05. The number of H-pyrrole nitrogens is 1. The highest BCUT2D eigenvalue weighted by molar-refractivity contribution is 6.33. The van der Waals surface area contributed by atoms with E-state index >= 15 is 0 Å². The number of pyridine rings is 1. The van der Waals surface area contributed by atoms with Crippen molar-refractivity contribution >= 4 is 33.5 Å². The van der Waals surface area contributed by atoms with Gasteiger partial charge in [0.05, 0.1) is 34.1 Å². The molecule has 0 amide bonds. The molecule has 0 aliphatic carbocycles. The maximum Gasteiger partial charge on any atom is 0.321 e. The second-order valence-corrected chi connectivity index (χ2v) is 6.45. The molecular formula is C20H11ClFN5O. The van der Waals surface area contributed by atoms with E-state index in [9.17, 15) is 4.39 Å². The lowest BCUT2D eigenvalue weighted by Crippen LogP contribution is -1.92. The van der Waals surface area contributed by atoms with Gasteiger partial charge in [-0.15, -0.1) is 0 Å². The Balaban J connectivity index is 1.60. The zero-order chi connectivity index (χ0) is 19.1. The van der Waals surface area contributed by atoms with Crippen molar-refractivity contribution < 1.29 is 9.13 Å². The summed E-state index contributed by atoms with van der Waals surface area (Å²) >= 11 is 6.43. The molecule has 3 heterocycles. The van der Waals surface area contributed by atoms with Gasteiger partial charge >= 0.3 is 6.01 Å². The Labute approximate surface area is 163 Å². The van der Waals surface area contributed by atoms with Crippen LogP contribution in [0.25, 0.3) is 33.1 Å². The number of aromatic nitrogens is 5. The summed E-state index contributed by atoms with van der Waals surface area (Å²) in [6, 6.07) is 9.98. The zero-order valence-electron chi connectivity index (χ0n) is 14.2. The molecule has 0 fully saturated rings. The predicted octanol–water partition coefficient (Wildman–Crippen LogP) is 5.15. The first-order valence-corrected chi connectivity index (χ1v) is 8.73. The molecule has 0 unspecified atom stereocenters. The third kappa shape index (κ3) is 2.82. The van der Waals surface area contributed by atoms with Crippen molar-refractivity contribution in [2.75, 3.05) is 0 Å². The van der Waals surface area contributed by atoms with Gasteiger partial charge in [-0.3, -0.25) is 4.98 Å². The molecule has 2 aromatic carbocycles. The number of benzene rings is 2. The van der Waals surface area contributed by atoms with Gasteiger partial charge in [0, 0.05) is 41.0 Å². The van der Waals surface area contributed by atoms with E-state index in [0.717, 1.165) is 16.4 Å². The number of hydrogen-bond acceptors (Lipinski definition) is 5. The normalized spacial score (nSPS) is 11.2. The molecule has 3 aromatic heterocycles. The van der Waals surface area contributed by atoms with Crippen LogP contribution in [-0.4, -0.2) is 24.9 Å². The van der Waals surface area contributed by atoms with E-state index in [1.165, 1.54) is 6.07 Å². The van der Waals surface area contributed by atoms with Crippen molar-refractivity contribution in [3.8, 4) is 22.9 Å². The molecule has 0 spiro atoms. The first-order chi connectivity index (χ1) is 13.7. The number of ether oxygens (including phenoxy) is 1. The van der Waals surface area contributed by atoms with Gasteiger partial charge in [-0.25, -0.2) is 19.3 Å². The van der Waals surface area contributed by atoms with Gasteiger partial charge < -0.3 is 9.72 Å². The van der Waals surface area contributed by atoms with E-state index < -0.39 is 5.82 Å². The summed E-state index contributed by atoms with van der Waals surface area (Å²) in [5, 5.41) is 1.08. The maximum atomic E-state index is 14.8. The zero-order valence-corrected chi connectivity index (χ0v) is 15.0. The number of rotatable bonds is 3. The van der Waals surface area contributed by atoms with Crippen LogP contribution in [0.1, 0.15) is 0 Å². The summed E-state index contributed by atoms with van der Waals surface area (Å²) < 4.78 is 20.4. The van der Waals surface area contributed by atoms with Crippen molar-refractivity contribution in [3.63, 3.8) is 0 Å². The Morgan fingerprint density at radius 2 is 1.82 bits per heavy atom. The molecule has 0 atom stereocenters. The smallest absolute Gasteiger partial charge is 0.321 e. The summed E-state index contributed by atoms with van der Waals surface area (Å²) in [5.74, 6) is 0.0364. The molecule has 5 rings (SSSR count). The van der Waals surface area contributed by atoms with Gasteiger partial charge in [0.15, 0.2) is 0 Å². The largest absolute Gasteiger partial charge is 0.424 e. The van der Waals surface area contributed by atoms with E-state index in [-0.39, 0.29) is 6.01 Å². The third-order valence-corrected chi connectivity index (χ3v) is 4.64. The monoisotopic (exact) mass is 391 g/mol. The molecule has 5 aromatic rings. The molecule has 136 valence electrons. The third-order valence-electron chi connectivity index (χ3n) is 4.32. The van der Waals surface area contributed by atoms with Crippen molar-refractivity contribution in [1.29, 1.82) is 0 Å². The number of fused-ring (bicyclic) bond motifs is 3. The predicted molar refractivity (Wildman–Crippen MR) is 104 cm³/mol. The number of nitrogens with zero attached hydrogens (tertiary/aromatic N) is 4. The lowest BCUT2D eigenvalue weighted by Gasteiger charge is -2.10. The molecule has 0 aliphatic rings. The van der Waals surface area contributed by atoms with Gasteiger partial charge in [0.25, 0.3) is 0 Å². The molecular weight excluding hydrogens is 381 g/mol. The quantitative estimate of drug-likeness (QED) is 0.460. The molecule has 28 heavy (non-hydrogen) atoms. The van der Waals surface area contributed by atoms with E-state index in [0.29, 0.717) is 27.4 Å². The van der Waals surface area contributed by atoms with Gasteiger partial charge in [0.1, 0.15) is 11.6 Å². The highest BCUT2D eigenvalue weighted by atomic mass is 35.5. The molecule has 0 bridgehead atoms. The lowest BCUT2D eigenvalue weighted by atomic mass is 10.0. The summed E-state index contributed by atoms with van der Waals surface area (Å²) in [7, 11) is 0. The SMILES string of the molecule is Fc1cc2ncc3[nH]cnc3c2cc1-c1ccc(Oc2ncccn2)cc1Cl. The first-order valence-electron chi connectivity index (χ1n) is 8.35. The number of halogens is 2. The minimum atomic E-state index is -0.420. The number of hydrogen-bond donors (Lipinski definition) is 1. The highest BCUT2D eigenvalue weighted by Gasteiger charge is 2.14. The van der Waals surface area contributed by atoms with Crippen LogP contribution >= 0.6 is 11.6 Å². The average Bonchev–Trinajstić information content (AvgIpc) is 3.18. The topological polar surface area (TPSA) is 76.6 Å². The Bertz CT molecular complexity index is 1320. The number of aromatic amines is 1. The average molecular weight is 392 g/mol. The van der Waals surface area contributed by atoms with E-state index in [4.69, 9.17) is 16.3 Å². The van der Waals surface area contributed by atoms with Crippen LogP contribution in [0.2, 0.25) is 5.02 Å². The lowest BCUT2D eigenvalue weighted by molar-refractivity contribution is 0.442. The molecule has 0 saturated carbocycles. The van der Waals surface area contributed by atoms with Gasteiger partial charge in [-0.1, -0.05) is 11.6 Å². The van der Waals surface area contributed by atoms with Crippen LogP contribution in [0.3, 0.4) is 0 Å². The van der Waals surface area contributed by atoms with Gasteiger partial charge in [-0.2, -0.15) is 0 Å². The van der Waals surface area contributed by atoms with Crippen LogP contribution in [0.4, 0.5) is 4.39 Å². The molecule has 0 aliphatic heterocycles. The molecule has 6 nitrogen and oxygen atoms in total. The second kappa shape index (κ2) is 6.54. The maximum absolute atomic E-state index is 14.8. The van der Waals surface area contributed by atoms with E-state index in [1.807, 2.05) is 0 Å². The minimum Gasteiger partial charge on any atom is -0.424 e. The minimum absolute atomic E-state index is 0.204. The number of imidazole rings is 1. The summed E-state index contributed by atoms with van der Waals surface area (Å²) in [6.07, 6.45) is 6.37. The highest BCUT2D eigenvalue weighted by Crippen LogP contribution is 2.36. The molecule has 0 saturated heterocycles. The van der Waals surface area contributed by atoms with Crippen molar-refractivity contribution in [3.05, 3.63) is 72.2 Å². The standard InChI is InChI=1S/C20H11ClFN5O/c21-15-6-11(28-20-23-4-1-5-24-20)2-3-12(15)13-7-14-17(8-16(13)22)25-9-18-19(14)27-10-26-18/h1-10H,(H,26,27). The Kier molecular flexibility index (Phi) is 3.87. The van der Waals surface area contributed by atoms with Crippen molar-refractivity contribution in [1.82, 2.24) is 24.9 Å². The van der Waals surface area contributed by atoms with E-state index in [1.54, 1.807) is 55.2 Å². The summed E-state index contributed by atoms with van der Waals surface area (Å²) in [5.41, 5.74) is 2.93. The van der Waals surface area contributed by atoms with Crippen LogP contribution in [-0.2, 0) is 0 Å². The van der Waals surface area contributed by atoms with Crippen LogP contribution in [0.15, 0.2) is 61.3 Å². The Morgan fingerprint density at radius 3 is 2.64 bits per heavy atom. The van der Waals surface area contributed by atoms with Gasteiger partial charge in [-0.05, 0) is 24.3 Å². The summed E-state index contributed by atoms with van der Waals surface area (Å²) in [4.78, 5) is 19.6. The molecule has 0 radical (unpaired) electrons. The fraction of sp³-hybridized carbons (Fsp3) is 0. The Morgan fingerprint density at radius 1 is 0.964 bits per heavy atom. The number of nitrogens with one attached hydrogen (secondary N) is 1. The Hall–Kier alpha value is -3.58. The van der Waals surface area contributed by atoms with Crippen molar-refractivity contribution in [2.24, 2.45) is 0 Å². The molecule has 1 N–H and O–H groups in total. The van der Waals surface area contributed by atoms with Crippen LogP contribution in [0, 0.1) is 5.82 Å². The first kappa shape index (κ1) is 16.6. The van der Waals surface area contributed by atoms with Crippen molar-refractivity contribution in [2.45, 2.75) is 0 Å². The fourth-order valence-electron chi connectivity index (χ4n) is 3.04. The van der Waals surface area contributed by atoms with Gasteiger partial charge in [0.2, 0.25) is 0 Å². The van der Waals surface area contributed by atoms with Crippen LogP contribution in [0.5, 0.6) is 11.8 Å². The summed E-state index contributed by atoms with van der Waals surface area (Å²) in [6.45, 7) is 0. The fourth-order valence-corrected chi connectivity index (χ4v) is 3.31. The van der Waals surface area contributed by atoms with Crippen LogP contribution < -0.4 is 4.74 Å². The molecule has 8 heteroatoms.